The van der Waals surface area contributed by atoms with Crippen LogP contribution in [0.1, 0.15) is 46.1 Å². The van der Waals surface area contributed by atoms with Gasteiger partial charge in [-0.1, -0.05) is 30.3 Å². The number of hydrogen-bond acceptors (Lipinski definition) is 8. The molecule has 1 rings (SSSR count). The molecule has 9 nitrogen and oxygen atoms in total. The van der Waals surface area contributed by atoms with Crippen molar-refractivity contribution in [2.45, 2.75) is 58.8 Å². The van der Waals surface area contributed by atoms with Gasteiger partial charge in [0.25, 0.3) is 0 Å². The average molecular weight is 423 g/mol. The maximum atomic E-state index is 11.8. The number of nitrogens with one attached hydrogen (secondary N) is 1. The fraction of sp³-hybridized carbons (Fsp3) is 0.524. The Morgan fingerprint density at radius 1 is 1.00 bits per heavy atom. The number of alkyl carbamates (subject to hydrolysis) is 1. The van der Waals surface area contributed by atoms with Crippen molar-refractivity contribution in [1.29, 1.82) is 0 Å². The molecule has 9 heteroatoms. The number of esters is 3. The van der Waals surface area contributed by atoms with E-state index in [-0.39, 0.29) is 26.1 Å². The lowest BCUT2D eigenvalue weighted by atomic mass is 10.2. The summed E-state index contributed by atoms with van der Waals surface area (Å²) in [6.45, 7) is 6.13. The van der Waals surface area contributed by atoms with E-state index in [0.717, 1.165) is 5.56 Å². The van der Waals surface area contributed by atoms with Crippen molar-refractivity contribution in [2.24, 2.45) is 0 Å². The first-order chi connectivity index (χ1) is 14.1. The summed E-state index contributed by atoms with van der Waals surface area (Å²) >= 11 is 0. The molecular weight excluding hydrogens is 394 g/mol. The monoisotopic (exact) mass is 423 g/mol. The van der Waals surface area contributed by atoms with Crippen LogP contribution in [0.25, 0.3) is 0 Å². The van der Waals surface area contributed by atoms with Crippen LogP contribution in [0.3, 0.4) is 0 Å². The lowest BCUT2D eigenvalue weighted by Crippen LogP contribution is -2.37. The standard InChI is InChI=1S/C21H29NO8/c1-15(29-18(24)13-22-20(26)30-21(2,3)4)19(25)27-12-8-11-17(23)28-14-16-9-6-5-7-10-16/h5-7,9-10,15H,8,11-14H2,1-4H3,(H,22,26). The van der Waals surface area contributed by atoms with Crippen LogP contribution >= 0.6 is 0 Å². The molecule has 0 saturated carbocycles. The van der Waals surface area contributed by atoms with E-state index >= 15 is 0 Å². The van der Waals surface area contributed by atoms with Crippen molar-refractivity contribution in [3.05, 3.63) is 35.9 Å². The number of amides is 1. The van der Waals surface area contributed by atoms with Gasteiger partial charge in [-0.25, -0.2) is 9.59 Å². The Morgan fingerprint density at radius 2 is 1.67 bits per heavy atom. The van der Waals surface area contributed by atoms with Gasteiger partial charge in [0.05, 0.1) is 6.61 Å². The van der Waals surface area contributed by atoms with Gasteiger partial charge in [0.1, 0.15) is 18.8 Å². The van der Waals surface area contributed by atoms with Gasteiger partial charge in [-0.15, -0.1) is 0 Å². The Hall–Kier alpha value is -3.10. The summed E-state index contributed by atoms with van der Waals surface area (Å²) in [4.78, 5) is 46.7. The van der Waals surface area contributed by atoms with E-state index in [0.29, 0.717) is 0 Å². The highest BCUT2D eigenvalue weighted by Crippen LogP contribution is 2.06. The Bertz CT molecular complexity index is 711. The highest BCUT2D eigenvalue weighted by atomic mass is 16.6. The molecule has 1 atom stereocenters. The molecule has 30 heavy (non-hydrogen) atoms. The summed E-state index contributed by atoms with van der Waals surface area (Å²) in [6, 6.07) is 9.27. The average Bonchev–Trinajstić information content (AvgIpc) is 2.67. The molecule has 0 heterocycles. The number of benzene rings is 1. The summed E-state index contributed by atoms with van der Waals surface area (Å²) < 4.78 is 20.0. The molecule has 0 fully saturated rings. The molecular formula is C21H29NO8. The Kier molecular flexibility index (Phi) is 10.4. The molecule has 0 aliphatic carbocycles. The van der Waals surface area contributed by atoms with E-state index < -0.39 is 42.3 Å². The minimum absolute atomic E-state index is 0.0165. The Morgan fingerprint density at radius 3 is 2.30 bits per heavy atom. The maximum Gasteiger partial charge on any atom is 0.408 e. The van der Waals surface area contributed by atoms with Gasteiger partial charge in [0, 0.05) is 6.42 Å². The van der Waals surface area contributed by atoms with E-state index in [1.807, 2.05) is 30.3 Å². The van der Waals surface area contributed by atoms with Crippen molar-refractivity contribution in [1.82, 2.24) is 5.32 Å². The summed E-state index contributed by atoms with van der Waals surface area (Å²) in [5.41, 5.74) is 0.188. The van der Waals surface area contributed by atoms with Crippen molar-refractivity contribution >= 4 is 24.0 Å². The predicted molar refractivity (Wildman–Crippen MR) is 106 cm³/mol. The fourth-order valence-electron chi connectivity index (χ4n) is 2.06. The van der Waals surface area contributed by atoms with Gasteiger partial charge in [0.2, 0.25) is 0 Å². The third kappa shape index (κ3) is 11.7. The molecule has 1 N–H and O–H groups in total. The van der Waals surface area contributed by atoms with Crippen LogP contribution in [0.15, 0.2) is 30.3 Å². The predicted octanol–water partition coefficient (Wildman–Crippen LogP) is 2.51. The van der Waals surface area contributed by atoms with Crippen LogP contribution in [0.5, 0.6) is 0 Å². The molecule has 1 aromatic rings. The molecule has 0 bridgehead atoms. The first-order valence-corrected chi connectivity index (χ1v) is 9.59. The van der Waals surface area contributed by atoms with Gasteiger partial charge >= 0.3 is 24.0 Å². The molecule has 0 aliphatic heterocycles. The van der Waals surface area contributed by atoms with Crippen LogP contribution in [-0.4, -0.2) is 48.9 Å². The molecule has 1 unspecified atom stereocenters. The highest BCUT2D eigenvalue weighted by molar-refractivity contribution is 5.82. The SMILES string of the molecule is CC(OC(=O)CNC(=O)OC(C)(C)C)C(=O)OCCCC(=O)OCc1ccccc1. The molecule has 1 amide bonds. The van der Waals surface area contributed by atoms with Crippen molar-refractivity contribution in [2.75, 3.05) is 13.2 Å². The number of ether oxygens (including phenoxy) is 4. The van der Waals surface area contributed by atoms with Crippen LogP contribution < -0.4 is 5.32 Å². The fourth-order valence-corrected chi connectivity index (χ4v) is 2.06. The molecule has 0 radical (unpaired) electrons. The van der Waals surface area contributed by atoms with Crippen LogP contribution in [0.2, 0.25) is 0 Å². The molecule has 0 saturated heterocycles. The molecule has 0 aliphatic rings. The number of carbonyl (C=O) groups excluding carboxylic acids is 4. The topological polar surface area (TPSA) is 117 Å². The minimum Gasteiger partial charge on any atom is -0.463 e. The highest BCUT2D eigenvalue weighted by Gasteiger charge is 2.21. The summed E-state index contributed by atoms with van der Waals surface area (Å²) in [6.07, 6.45) is -1.55. The second-order valence-electron chi connectivity index (χ2n) is 7.40. The third-order valence-corrected chi connectivity index (χ3v) is 3.43. The van der Waals surface area contributed by atoms with Gasteiger partial charge < -0.3 is 24.3 Å². The van der Waals surface area contributed by atoms with Crippen LogP contribution in [0.4, 0.5) is 4.79 Å². The van der Waals surface area contributed by atoms with Gasteiger partial charge in [-0.2, -0.15) is 0 Å². The van der Waals surface area contributed by atoms with Crippen LogP contribution in [0, 0.1) is 0 Å². The van der Waals surface area contributed by atoms with Crippen molar-refractivity contribution in [3.8, 4) is 0 Å². The summed E-state index contributed by atoms with van der Waals surface area (Å²) in [7, 11) is 0. The first-order valence-electron chi connectivity index (χ1n) is 9.59. The van der Waals surface area contributed by atoms with Crippen molar-refractivity contribution < 1.29 is 38.1 Å². The second kappa shape index (κ2) is 12.5. The number of rotatable bonds is 10. The maximum absolute atomic E-state index is 11.8. The molecule has 1 aromatic carbocycles. The molecule has 0 spiro atoms. The zero-order valence-corrected chi connectivity index (χ0v) is 17.8. The largest absolute Gasteiger partial charge is 0.463 e. The van der Waals surface area contributed by atoms with E-state index in [9.17, 15) is 19.2 Å². The van der Waals surface area contributed by atoms with E-state index in [1.54, 1.807) is 20.8 Å². The Balaban J connectivity index is 2.16. The zero-order valence-electron chi connectivity index (χ0n) is 17.8. The summed E-state index contributed by atoms with van der Waals surface area (Å²) in [5.74, 6) is -1.96. The lowest BCUT2D eigenvalue weighted by molar-refractivity contribution is -0.166. The van der Waals surface area contributed by atoms with Gasteiger partial charge in [-0.3, -0.25) is 9.59 Å². The Labute approximate surface area is 176 Å². The molecule has 0 aromatic heterocycles. The lowest BCUT2D eigenvalue weighted by Gasteiger charge is -2.19. The number of hydrogen-bond donors (Lipinski definition) is 1. The second-order valence-corrected chi connectivity index (χ2v) is 7.40. The number of carbonyl (C=O) groups is 4. The normalized spacial score (nSPS) is 11.7. The van der Waals surface area contributed by atoms with Crippen LogP contribution in [-0.2, 0) is 39.9 Å². The van der Waals surface area contributed by atoms with Gasteiger partial charge in [-0.05, 0) is 39.7 Å². The smallest absolute Gasteiger partial charge is 0.408 e. The summed E-state index contributed by atoms with van der Waals surface area (Å²) in [5, 5.41) is 2.23. The van der Waals surface area contributed by atoms with E-state index in [2.05, 4.69) is 5.32 Å². The molecule has 166 valence electrons. The quantitative estimate of drug-likeness (QED) is 0.347. The van der Waals surface area contributed by atoms with E-state index in [1.165, 1.54) is 6.92 Å². The first kappa shape index (κ1) is 24.9. The van der Waals surface area contributed by atoms with E-state index in [4.69, 9.17) is 18.9 Å². The third-order valence-electron chi connectivity index (χ3n) is 3.43. The van der Waals surface area contributed by atoms with Gasteiger partial charge in [0.15, 0.2) is 6.10 Å². The van der Waals surface area contributed by atoms with Crippen molar-refractivity contribution in [3.63, 3.8) is 0 Å². The minimum atomic E-state index is -1.15. The zero-order chi connectivity index (χ0) is 22.6.